The molecule has 0 aliphatic carbocycles. The van der Waals surface area contributed by atoms with E-state index in [1.165, 1.54) is 0 Å². The van der Waals surface area contributed by atoms with Crippen LogP contribution in [-0.4, -0.2) is 34.7 Å². The molecule has 2 aromatic rings. The van der Waals surface area contributed by atoms with Crippen LogP contribution in [0.2, 0.25) is 0 Å². The maximum Gasteiger partial charge on any atom is 0.225 e. The normalized spacial score (nSPS) is 21.5. The minimum absolute atomic E-state index is 0.00521. The Morgan fingerprint density at radius 1 is 1.43 bits per heavy atom. The van der Waals surface area contributed by atoms with E-state index in [-0.39, 0.29) is 17.9 Å². The fourth-order valence-electron chi connectivity index (χ4n) is 3.44. The molecule has 1 N–H and O–H groups in total. The van der Waals surface area contributed by atoms with Gasteiger partial charge in [-0.25, -0.2) is 4.98 Å². The minimum Gasteiger partial charge on any atom is -0.377 e. The van der Waals surface area contributed by atoms with Gasteiger partial charge in [-0.05, 0) is 38.3 Å². The summed E-state index contributed by atoms with van der Waals surface area (Å²) < 4.78 is 7.87. The lowest BCUT2D eigenvalue weighted by Crippen LogP contribution is -2.42. The van der Waals surface area contributed by atoms with Gasteiger partial charge in [0.25, 0.3) is 0 Å². The van der Waals surface area contributed by atoms with Gasteiger partial charge in [0, 0.05) is 19.7 Å². The number of rotatable bonds is 5. The van der Waals surface area contributed by atoms with E-state index in [1.807, 2.05) is 25.1 Å². The number of hydrogen-bond acceptors (Lipinski definition) is 3. The maximum absolute atomic E-state index is 12.4. The first-order valence-electron chi connectivity index (χ1n) is 8.52. The van der Waals surface area contributed by atoms with Gasteiger partial charge in [-0.3, -0.25) is 4.79 Å². The summed E-state index contributed by atoms with van der Waals surface area (Å²) in [7, 11) is 0. The molecule has 2 heterocycles. The van der Waals surface area contributed by atoms with Crippen molar-refractivity contribution in [1.29, 1.82) is 0 Å². The number of ether oxygens (including phenoxy) is 1. The topological polar surface area (TPSA) is 56.1 Å². The van der Waals surface area contributed by atoms with E-state index < -0.39 is 0 Å². The minimum atomic E-state index is -0.00521. The first kappa shape index (κ1) is 16.0. The van der Waals surface area contributed by atoms with Gasteiger partial charge in [-0.2, -0.15) is 0 Å². The number of carbonyl (C=O) groups excluding carboxylic acids is 1. The van der Waals surface area contributed by atoms with Crippen LogP contribution in [0.25, 0.3) is 11.0 Å². The monoisotopic (exact) mass is 315 g/mol. The van der Waals surface area contributed by atoms with E-state index in [1.54, 1.807) is 0 Å². The molecular weight excluding hydrogens is 290 g/mol. The highest BCUT2D eigenvalue weighted by atomic mass is 16.5. The molecule has 1 aliphatic rings. The Balaban J connectivity index is 1.60. The molecule has 3 rings (SSSR count). The Morgan fingerprint density at radius 3 is 3.09 bits per heavy atom. The molecule has 0 unspecified atom stereocenters. The van der Waals surface area contributed by atoms with E-state index in [0.29, 0.717) is 6.54 Å². The molecule has 0 radical (unpaired) electrons. The van der Waals surface area contributed by atoms with Gasteiger partial charge in [0.15, 0.2) is 0 Å². The molecule has 5 heteroatoms. The molecule has 1 amide bonds. The molecule has 0 spiro atoms. The second-order valence-corrected chi connectivity index (χ2v) is 6.16. The highest BCUT2D eigenvalue weighted by Gasteiger charge is 2.30. The summed E-state index contributed by atoms with van der Waals surface area (Å²) >= 11 is 0. The number of para-hydroxylation sites is 2. The summed E-state index contributed by atoms with van der Waals surface area (Å²) in [5.74, 6) is 1.10. The summed E-state index contributed by atoms with van der Waals surface area (Å²) in [6.07, 6.45) is 2.86. The second kappa shape index (κ2) is 7.13. The van der Waals surface area contributed by atoms with Crippen molar-refractivity contribution in [3.63, 3.8) is 0 Å². The van der Waals surface area contributed by atoms with Crippen LogP contribution in [-0.2, 0) is 16.1 Å². The average molecular weight is 315 g/mol. The third-order valence-corrected chi connectivity index (χ3v) is 4.66. The van der Waals surface area contributed by atoms with Gasteiger partial charge in [-0.1, -0.05) is 19.1 Å². The number of amides is 1. The van der Waals surface area contributed by atoms with Crippen molar-refractivity contribution in [2.45, 2.75) is 45.8 Å². The van der Waals surface area contributed by atoms with Crippen LogP contribution < -0.4 is 5.32 Å². The highest BCUT2D eigenvalue weighted by molar-refractivity contribution is 5.79. The van der Waals surface area contributed by atoms with E-state index >= 15 is 0 Å². The summed E-state index contributed by atoms with van der Waals surface area (Å²) in [6, 6.07) is 8.10. The summed E-state index contributed by atoms with van der Waals surface area (Å²) in [6.45, 7) is 6.22. The van der Waals surface area contributed by atoms with Crippen LogP contribution in [0.4, 0.5) is 0 Å². The Kier molecular flexibility index (Phi) is 4.96. The number of nitrogens with one attached hydrogen (secondary N) is 1. The quantitative estimate of drug-likeness (QED) is 0.923. The number of imidazole rings is 1. The Labute approximate surface area is 137 Å². The zero-order valence-corrected chi connectivity index (χ0v) is 13.9. The van der Waals surface area contributed by atoms with Gasteiger partial charge >= 0.3 is 0 Å². The van der Waals surface area contributed by atoms with Gasteiger partial charge in [0.1, 0.15) is 5.82 Å². The molecule has 0 saturated carbocycles. The number of fused-ring (bicyclic) bond motifs is 1. The van der Waals surface area contributed by atoms with Crippen molar-refractivity contribution in [2.24, 2.45) is 5.92 Å². The van der Waals surface area contributed by atoms with Gasteiger partial charge < -0.3 is 14.6 Å². The largest absolute Gasteiger partial charge is 0.377 e. The van der Waals surface area contributed by atoms with E-state index in [4.69, 9.17) is 4.74 Å². The molecule has 1 fully saturated rings. The third kappa shape index (κ3) is 3.39. The van der Waals surface area contributed by atoms with Crippen LogP contribution in [0, 0.1) is 12.8 Å². The van der Waals surface area contributed by atoms with Crippen LogP contribution in [0.1, 0.15) is 32.0 Å². The summed E-state index contributed by atoms with van der Waals surface area (Å²) in [5.41, 5.74) is 2.12. The SMILES string of the molecule is CC[C@@H]1OCCC[C@@H]1C(=O)NCCn1c(C)nc2ccccc21. The van der Waals surface area contributed by atoms with Gasteiger partial charge in [0.2, 0.25) is 5.91 Å². The second-order valence-electron chi connectivity index (χ2n) is 6.16. The zero-order chi connectivity index (χ0) is 16.2. The molecule has 1 saturated heterocycles. The molecule has 124 valence electrons. The molecule has 1 aliphatic heterocycles. The Bertz CT molecular complexity index is 680. The van der Waals surface area contributed by atoms with Crippen molar-refractivity contribution in [3.8, 4) is 0 Å². The van der Waals surface area contributed by atoms with Crippen LogP contribution in [0.15, 0.2) is 24.3 Å². The van der Waals surface area contributed by atoms with E-state index in [9.17, 15) is 4.79 Å². The molecule has 5 nitrogen and oxygen atoms in total. The van der Waals surface area contributed by atoms with E-state index in [0.717, 1.165) is 49.3 Å². The first-order chi connectivity index (χ1) is 11.2. The number of carbonyl (C=O) groups is 1. The number of aryl methyl sites for hydroxylation is 1. The third-order valence-electron chi connectivity index (χ3n) is 4.66. The standard InChI is InChI=1S/C18H25N3O2/c1-3-17-14(7-6-12-23-17)18(22)19-10-11-21-13(2)20-15-8-4-5-9-16(15)21/h4-5,8-9,14,17H,3,6-7,10-12H2,1-2H3,(H,19,22)/t14-,17-/m0/s1. The lowest BCUT2D eigenvalue weighted by Gasteiger charge is -2.30. The Hall–Kier alpha value is -1.88. The molecular formula is C18H25N3O2. The lowest BCUT2D eigenvalue weighted by atomic mass is 9.92. The summed E-state index contributed by atoms with van der Waals surface area (Å²) in [4.78, 5) is 17.0. The molecule has 1 aromatic carbocycles. The van der Waals surface area contributed by atoms with Crippen molar-refractivity contribution < 1.29 is 9.53 Å². The number of aromatic nitrogens is 2. The lowest BCUT2D eigenvalue weighted by molar-refractivity contribution is -0.134. The van der Waals surface area contributed by atoms with Crippen molar-refractivity contribution >= 4 is 16.9 Å². The molecule has 1 aromatic heterocycles. The van der Waals surface area contributed by atoms with Crippen LogP contribution in [0.5, 0.6) is 0 Å². The Morgan fingerprint density at radius 2 is 2.26 bits per heavy atom. The molecule has 2 atom stereocenters. The fraction of sp³-hybridized carbons (Fsp3) is 0.556. The highest BCUT2D eigenvalue weighted by Crippen LogP contribution is 2.23. The number of nitrogens with zero attached hydrogens (tertiary/aromatic N) is 2. The number of hydrogen-bond donors (Lipinski definition) is 1. The maximum atomic E-state index is 12.4. The average Bonchev–Trinajstić information content (AvgIpc) is 2.90. The van der Waals surface area contributed by atoms with Crippen molar-refractivity contribution in [2.75, 3.05) is 13.2 Å². The van der Waals surface area contributed by atoms with Gasteiger partial charge in [0.05, 0.1) is 23.1 Å². The zero-order valence-electron chi connectivity index (χ0n) is 13.9. The predicted molar refractivity (Wildman–Crippen MR) is 90.2 cm³/mol. The smallest absolute Gasteiger partial charge is 0.225 e. The van der Waals surface area contributed by atoms with Crippen LogP contribution in [0.3, 0.4) is 0 Å². The van der Waals surface area contributed by atoms with Crippen LogP contribution >= 0.6 is 0 Å². The van der Waals surface area contributed by atoms with Crippen molar-refractivity contribution in [1.82, 2.24) is 14.9 Å². The molecule has 23 heavy (non-hydrogen) atoms. The fourth-order valence-corrected chi connectivity index (χ4v) is 3.44. The summed E-state index contributed by atoms with van der Waals surface area (Å²) in [5, 5.41) is 3.08. The van der Waals surface area contributed by atoms with Crippen molar-refractivity contribution in [3.05, 3.63) is 30.1 Å². The van der Waals surface area contributed by atoms with E-state index in [2.05, 4.69) is 27.9 Å². The number of benzene rings is 1. The van der Waals surface area contributed by atoms with Gasteiger partial charge in [-0.15, -0.1) is 0 Å². The molecule has 0 bridgehead atoms. The first-order valence-corrected chi connectivity index (χ1v) is 8.52. The predicted octanol–water partition coefficient (Wildman–Crippen LogP) is 2.67.